The molecule has 1 aromatic rings. The van der Waals surface area contributed by atoms with Gasteiger partial charge in [0.05, 0.1) is 6.61 Å². The molecule has 3 nitrogen and oxygen atoms in total. The summed E-state index contributed by atoms with van der Waals surface area (Å²) >= 11 is 0. The Balaban J connectivity index is 2.49. The van der Waals surface area contributed by atoms with Gasteiger partial charge in [0.25, 0.3) is 0 Å². The van der Waals surface area contributed by atoms with Crippen molar-refractivity contribution in [3.8, 4) is 11.5 Å². The van der Waals surface area contributed by atoms with Gasteiger partial charge in [-0.05, 0) is 18.6 Å². The molecule has 1 atom stereocenters. The van der Waals surface area contributed by atoms with Crippen molar-refractivity contribution in [3.63, 3.8) is 0 Å². The largest absolute Gasteiger partial charge is 0.504 e. The van der Waals surface area contributed by atoms with Crippen LogP contribution in [-0.2, 0) is 0 Å². The standard InChI is InChI=1S/C11H16O3/c1-2-9(7-12)8-14-11-6-4-3-5-10(11)13/h3-6,9,12-13H,2,7-8H2,1H3. The second-order valence-electron chi connectivity index (χ2n) is 3.24. The zero-order valence-corrected chi connectivity index (χ0v) is 8.31. The fraction of sp³-hybridized carbons (Fsp3) is 0.455. The summed E-state index contributed by atoms with van der Waals surface area (Å²) in [6.45, 7) is 2.55. The van der Waals surface area contributed by atoms with Crippen molar-refractivity contribution in [2.24, 2.45) is 5.92 Å². The molecule has 0 saturated carbocycles. The average Bonchev–Trinajstić information content (AvgIpc) is 2.22. The Morgan fingerprint density at radius 3 is 2.64 bits per heavy atom. The molecule has 0 heterocycles. The smallest absolute Gasteiger partial charge is 0.160 e. The van der Waals surface area contributed by atoms with E-state index in [-0.39, 0.29) is 18.3 Å². The van der Waals surface area contributed by atoms with Gasteiger partial charge in [0.15, 0.2) is 11.5 Å². The number of ether oxygens (including phenoxy) is 1. The van der Waals surface area contributed by atoms with Crippen molar-refractivity contribution in [3.05, 3.63) is 24.3 Å². The molecule has 0 fully saturated rings. The molecule has 1 rings (SSSR count). The molecule has 0 saturated heterocycles. The average molecular weight is 196 g/mol. The third-order valence-corrected chi connectivity index (χ3v) is 2.18. The van der Waals surface area contributed by atoms with E-state index in [0.29, 0.717) is 12.4 Å². The molecule has 0 bridgehead atoms. The lowest BCUT2D eigenvalue weighted by molar-refractivity contribution is 0.157. The van der Waals surface area contributed by atoms with E-state index in [4.69, 9.17) is 9.84 Å². The number of phenolic OH excluding ortho intramolecular Hbond substituents is 1. The molecule has 0 amide bonds. The van der Waals surface area contributed by atoms with Crippen LogP contribution in [0.4, 0.5) is 0 Å². The van der Waals surface area contributed by atoms with Crippen molar-refractivity contribution < 1.29 is 14.9 Å². The fourth-order valence-corrected chi connectivity index (χ4v) is 1.09. The maximum atomic E-state index is 9.38. The summed E-state index contributed by atoms with van der Waals surface area (Å²) in [6.07, 6.45) is 0.865. The maximum absolute atomic E-state index is 9.38. The minimum absolute atomic E-state index is 0.115. The van der Waals surface area contributed by atoms with Crippen molar-refractivity contribution in [1.29, 1.82) is 0 Å². The summed E-state index contributed by atoms with van der Waals surface area (Å²) in [5.41, 5.74) is 0. The minimum Gasteiger partial charge on any atom is -0.504 e. The van der Waals surface area contributed by atoms with Crippen LogP contribution in [0.25, 0.3) is 0 Å². The fourth-order valence-electron chi connectivity index (χ4n) is 1.09. The van der Waals surface area contributed by atoms with Crippen LogP contribution >= 0.6 is 0 Å². The highest BCUT2D eigenvalue weighted by molar-refractivity contribution is 5.37. The van der Waals surface area contributed by atoms with E-state index in [1.165, 1.54) is 0 Å². The number of aliphatic hydroxyl groups excluding tert-OH is 1. The number of aliphatic hydroxyl groups is 1. The van der Waals surface area contributed by atoms with E-state index in [1.54, 1.807) is 24.3 Å². The van der Waals surface area contributed by atoms with Crippen LogP contribution in [0, 0.1) is 5.92 Å². The SMILES string of the molecule is CCC(CO)COc1ccccc1O. The second-order valence-corrected chi connectivity index (χ2v) is 3.24. The zero-order valence-electron chi connectivity index (χ0n) is 8.31. The number of phenols is 1. The van der Waals surface area contributed by atoms with Gasteiger partial charge in [0.2, 0.25) is 0 Å². The number of aromatic hydroxyl groups is 1. The maximum Gasteiger partial charge on any atom is 0.160 e. The van der Waals surface area contributed by atoms with Crippen LogP contribution in [0.5, 0.6) is 11.5 Å². The summed E-state index contributed by atoms with van der Waals surface area (Å²) in [5.74, 6) is 0.745. The molecule has 0 radical (unpaired) electrons. The van der Waals surface area contributed by atoms with Crippen LogP contribution in [0.2, 0.25) is 0 Å². The highest BCUT2D eigenvalue weighted by atomic mass is 16.5. The van der Waals surface area contributed by atoms with Gasteiger partial charge in [-0.3, -0.25) is 0 Å². The van der Waals surface area contributed by atoms with E-state index >= 15 is 0 Å². The molecule has 1 aromatic carbocycles. The predicted octanol–water partition coefficient (Wildman–Crippen LogP) is 1.79. The third kappa shape index (κ3) is 2.92. The number of benzene rings is 1. The second kappa shape index (κ2) is 5.50. The summed E-state index contributed by atoms with van der Waals surface area (Å²) in [6, 6.07) is 6.83. The summed E-state index contributed by atoms with van der Waals surface area (Å²) in [7, 11) is 0. The molecule has 0 aliphatic carbocycles. The molecular weight excluding hydrogens is 180 g/mol. The predicted molar refractivity (Wildman–Crippen MR) is 54.5 cm³/mol. The van der Waals surface area contributed by atoms with E-state index in [1.807, 2.05) is 6.92 Å². The van der Waals surface area contributed by atoms with Gasteiger partial charge >= 0.3 is 0 Å². The quantitative estimate of drug-likeness (QED) is 0.754. The number of hydrogen-bond donors (Lipinski definition) is 2. The van der Waals surface area contributed by atoms with Crippen LogP contribution in [-0.4, -0.2) is 23.4 Å². The molecule has 14 heavy (non-hydrogen) atoms. The Labute approximate surface area is 84.0 Å². The number of rotatable bonds is 5. The molecule has 3 heteroatoms. The Hall–Kier alpha value is -1.22. The van der Waals surface area contributed by atoms with Crippen molar-refractivity contribution in [2.45, 2.75) is 13.3 Å². The minimum atomic E-state index is 0.115. The molecule has 0 spiro atoms. The van der Waals surface area contributed by atoms with E-state index in [2.05, 4.69) is 0 Å². The first kappa shape index (κ1) is 10.9. The molecule has 78 valence electrons. The van der Waals surface area contributed by atoms with Gasteiger partial charge in [-0.25, -0.2) is 0 Å². The molecule has 0 aliphatic rings. The Morgan fingerprint density at radius 2 is 2.07 bits per heavy atom. The van der Waals surface area contributed by atoms with Gasteiger partial charge in [0.1, 0.15) is 0 Å². The summed E-state index contributed by atoms with van der Waals surface area (Å²) < 4.78 is 5.37. The highest BCUT2D eigenvalue weighted by Gasteiger charge is 2.07. The molecule has 1 unspecified atom stereocenters. The van der Waals surface area contributed by atoms with Gasteiger partial charge in [-0.2, -0.15) is 0 Å². The van der Waals surface area contributed by atoms with Crippen LogP contribution in [0.3, 0.4) is 0 Å². The first-order valence-corrected chi connectivity index (χ1v) is 4.79. The van der Waals surface area contributed by atoms with Crippen molar-refractivity contribution in [1.82, 2.24) is 0 Å². The van der Waals surface area contributed by atoms with Gasteiger partial charge in [0, 0.05) is 12.5 Å². The van der Waals surface area contributed by atoms with E-state index < -0.39 is 0 Å². The monoisotopic (exact) mass is 196 g/mol. The third-order valence-electron chi connectivity index (χ3n) is 2.18. The number of para-hydroxylation sites is 2. The lowest BCUT2D eigenvalue weighted by atomic mass is 10.1. The highest BCUT2D eigenvalue weighted by Crippen LogP contribution is 2.24. The first-order chi connectivity index (χ1) is 6.77. The molecule has 0 aromatic heterocycles. The van der Waals surface area contributed by atoms with Crippen LogP contribution in [0.15, 0.2) is 24.3 Å². The Kier molecular flexibility index (Phi) is 4.26. The Morgan fingerprint density at radius 1 is 1.36 bits per heavy atom. The van der Waals surface area contributed by atoms with Crippen molar-refractivity contribution >= 4 is 0 Å². The van der Waals surface area contributed by atoms with E-state index in [9.17, 15) is 5.11 Å². The zero-order chi connectivity index (χ0) is 10.4. The lowest BCUT2D eigenvalue weighted by Crippen LogP contribution is -2.14. The summed E-state index contributed by atoms with van der Waals surface area (Å²) in [5, 5.41) is 18.3. The molecule has 2 N–H and O–H groups in total. The molecule has 0 aliphatic heterocycles. The Bertz CT molecular complexity index is 269. The van der Waals surface area contributed by atoms with Gasteiger partial charge in [-0.1, -0.05) is 19.1 Å². The molecular formula is C11H16O3. The van der Waals surface area contributed by atoms with Gasteiger partial charge in [-0.15, -0.1) is 0 Å². The lowest BCUT2D eigenvalue weighted by Gasteiger charge is -2.13. The van der Waals surface area contributed by atoms with Crippen LogP contribution < -0.4 is 4.74 Å². The first-order valence-electron chi connectivity index (χ1n) is 4.79. The number of hydrogen-bond acceptors (Lipinski definition) is 3. The van der Waals surface area contributed by atoms with Crippen LogP contribution in [0.1, 0.15) is 13.3 Å². The topological polar surface area (TPSA) is 49.7 Å². The normalized spacial score (nSPS) is 12.4. The summed E-state index contributed by atoms with van der Waals surface area (Å²) in [4.78, 5) is 0. The van der Waals surface area contributed by atoms with E-state index in [0.717, 1.165) is 6.42 Å². The van der Waals surface area contributed by atoms with Crippen molar-refractivity contribution in [2.75, 3.05) is 13.2 Å². The van der Waals surface area contributed by atoms with Gasteiger partial charge < -0.3 is 14.9 Å².